The number of allylic oxidation sites excluding steroid dienone is 1. The van der Waals surface area contributed by atoms with E-state index in [1.165, 1.54) is 0 Å². The molecule has 5 nitrogen and oxygen atoms in total. The van der Waals surface area contributed by atoms with Crippen molar-refractivity contribution in [3.05, 3.63) is 100 Å². The number of methoxy groups -OCH3 is 2. The second kappa shape index (κ2) is 10.9. The third-order valence-corrected chi connectivity index (χ3v) is 7.38. The van der Waals surface area contributed by atoms with Gasteiger partial charge in [0.25, 0.3) is 0 Å². The molecule has 1 saturated heterocycles. The van der Waals surface area contributed by atoms with Gasteiger partial charge in [-0.3, -0.25) is 9.78 Å². The fourth-order valence-electron chi connectivity index (χ4n) is 5.17. The van der Waals surface area contributed by atoms with Gasteiger partial charge in [0.05, 0.1) is 42.9 Å². The molecule has 4 rings (SSSR count). The number of hydrogen-bond donors (Lipinski definition) is 0. The van der Waals surface area contributed by atoms with E-state index >= 15 is 0 Å². The zero-order valence-electron chi connectivity index (χ0n) is 20.7. The van der Waals surface area contributed by atoms with E-state index in [9.17, 15) is 4.79 Å². The standard InChI is InChI=1S/C29H30Cl2N2O3/c1-5-13-29(2)16-24(19-7-6-8-21(30)14-19)27(25-12-10-22(31)17-32-25)33(28(29)34)18-20-9-11-23(35-3)15-26(20)36-4/h5-12,14-15,17,24,27H,1,13,16,18H2,2-4H3/t24-,27+,29?/m1/s1. The maximum absolute atomic E-state index is 14.2. The molecule has 0 spiro atoms. The molecule has 1 aliphatic heterocycles. The Morgan fingerprint density at radius 1 is 1.11 bits per heavy atom. The first-order chi connectivity index (χ1) is 17.3. The molecule has 1 unspecified atom stereocenters. The van der Waals surface area contributed by atoms with E-state index in [2.05, 4.69) is 17.6 Å². The van der Waals surface area contributed by atoms with E-state index in [-0.39, 0.29) is 17.9 Å². The van der Waals surface area contributed by atoms with Crippen molar-refractivity contribution in [1.82, 2.24) is 9.88 Å². The number of nitrogens with zero attached hydrogens (tertiary/aromatic N) is 2. The lowest BCUT2D eigenvalue weighted by Gasteiger charge is -2.49. The molecule has 0 aliphatic carbocycles. The third kappa shape index (κ3) is 5.23. The molecule has 1 fully saturated rings. The number of halogens is 2. The lowest BCUT2D eigenvalue weighted by atomic mass is 9.68. The van der Waals surface area contributed by atoms with Crippen molar-refractivity contribution in [1.29, 1.82) is 0 Å². The van der Waals surface area contributed by atoms with E-state index in [1.54, 1.807) is 20.4 Å². The van der Waals surface area contributed by atoms with Gasteiger partial charge in [0.2, 0.25) is 5.91 Å². The number of benzene rings is 2. The maximum atomic E-state index is 14.2. The van der Waals surface area contributed by atoms with Gasteiger partial charge < -0.3 is 14.4 Å². The Balaban J connectivity index is 1.88. The Bertz CT molecular complexity index is 1250. The summed E-state index contributed by atoms with van der Waals surface area (Å²) in [6.07, 6.45) is 4.63. The van der Waals surface area contributed by atoms with Crippen LogP contribution in [0.4, 0.5) is 0 Å². The minimum absolute atomic E-state index is 0.0419. The number of carbonyl (C=O) groups is 1. The lowest BCUT2D eigenvalue weighted by Crippen LogP contribution is -2.51. The van der Waals surface area contributed by atoms with Crippen LogP contribution in [-0.2, 0) is 11.3 Å². The van der Waals surface area contributed by atoms with Gasteiger partial charge in [-0.2, -0.15) is 0 Å². The van der Waals surface area contributed by atoms with Gasteiger partial charge >= 0.3 is 0 Å². The summed E-state index contributed by atoms with van der Waals surface area (Å²) in [6, 6.07) is 16.9. The molecule has 0 N–H and O–H groups in total. The lowest BCUT2D eigenvalue weighted by molar-refractivity contribution is -0.151. The van der Waals surface area contributed by atoms with Crippen molar-refractivity contribution in [3.8, 4) is 11.5 Å². The molecule has 1 amide bonds. The van der Waals surface area contributed by atoms with Crippen LogP contribution in [-0.4, -0.2) is 30.0 Å². The van der Waals surface area contributed by atoms with Crippen molar-refractivity contribution in [2.45, 2.75) is 38.3 Å². The minimum Gasteiger partial charge on any atom is -0.497 e. The molecule has 2 heterocycles. The average Bonchev–Trinajstić information content (AvgIpc) is 2.87. The van der Waals surface area contributed by atoms with E-state index in [0.29, 0.717) is 40.9 Å². The highest BCUT2D eigenvalue weighted by atomic mass is 35.5. The second-order valence-electron chi connectivity index (χ2n) is 9.38. The number of piperidine rings is 1. The number of ether oxygens (including phenoxy) is 2. The number of aromatic nitrogens is 1. The summed E-state index contributed by atoms with van der Waals surface area (Å²) >= 11 is 12.6. The van der Waals surface area contributed by atoms with Gasteiger partial charge in [-0.05, 0) is 54.8 Å². The van der Waals surface area contributed by atoms with Crippen LogP contribution in [0.5, 0.6) is 11.5 Å². The summed E-state index contributed by atoms with van der Waals surface area (Å²) in [5.74, 6) is 1.33. The Morgan fingerprint density at radius 3 is 2.56 bits per heavy atom. The van der Waals surface area contributed by atoms with Crippen LogP contribution >= 0.6 is 23.2 Å². The highest BCUT2D eigenvalue weighted by molar-refractivity contribution is 6.30. The van der Waals surface area contributed by atoms with Crippen molar-refractivity contribution < 1.29 is 14.3 Å². The normalized spacial score (nSPS) is 21.8. The van der Waals surface area contributed by atoms with Crippen LogP contribution in [0.1, 0.15) is 48.5 Å². The van der Waals surface area contributed by atoms with Crippen molar-refractivity contribution in [2.75, 3.05) is 14.2 Å². The van der Waals surface area contributed by atoms with E-state index in [0.717, 1.165) is 16.8 Å². The average molecular weight is 525 g/mol. The molecule has 2 aromatic carbocycles. The molecule has 1 aliphatic rings. The van der Waals surface area contributed by atoms with Gasteiger partial charge in [-0.25, -0.2) is 0 Å². The quantitative estimate of drug-likeness (QED) is 0.291. The van der Waals surface area contributed by atoms with Gasteiger partial charge in [-0.1, -0.05) is 48.3 Å². The minimum atomic E-state index is -0.642. The fourth-order valence-corrected chi connectivity index (χ4v) is 5.48. The monoisotopic (exact) mass is 524 g/mol. The number of rotatable bonds is 8. The van der Waals surface area contributed by atoms with E-state index in [4.69, 9.17) is 32.7 Å². The zero-order chi connectivity index (χ0) is 25.9. The molecular weight excluding hydrogens is 495 g/mol. The van der Waals surface area contributed by atoms with Crippen LogP contribution < -0.4 is 9.47 Å². The molecule has 36 heavy (non-hydrogen) atoms. The molecule has 0 saturated carbocycles. The molecule has 3 atom stereocenters. The largest absolute Gasteiger partial charge is 0.497 e. The number of pyridine rings is 1. The highest BCUT2D eigenvalue weighted by Gasteiger charge is 2.49. The van der Waals surface area contributed by atoms with Crippen LogP contribution in [0.25, 0.3) is 0 Å². The summed E-state index contributed by atoms with van der Waals surface area (Å²) in [5.41, 5.74) is 2.06. The topological polar surface area (TPSA) is 51.7 Å². The third-order valence-electron chi connectivity index (χ3n) is 6.92. The fraction of sp³-hybridized carbons (Fsp3) is 0.310. The highest BCUT2D eigenvalue weighted by Crippen LogP contribution is 2.51. The number of likely N-dealkylation sites (tertiary alicyclic amines) is 1. The van der Waals surface area contributed by atoms with Gasteiger partial charge in [0.15, 0.2) is 0 Å². The summed E-state index contributed by atoms with van der Waals surface area (Å²) in [7, 11) is 3.23. The van der Waals surface area contributed by atoms with Crippen molar-refractivity contribution in [2.24, 2.45) is 5.41 Å². The summed E-state index contributed by atoms with van der Waals surface area (Å²) < 4.78 is 11.0. The molecule has 188 valence electrons. The predicted octanol–water partition coefficient (Wildman–Crippen LogP) is 7.25. The van der Waals surface area contributed by atoms with Gasteiger partial charge in [-0.15, -0.1) is 6.58 Å². The smallest absolute Gasteiger partial charge is 0.229 e. The number of carbonyl (C=O) groups excluding carboxylic acids is 1. The first-order valence-corrected chi connectivity index (χ1v) is 12.5. The summed E-state index contributed by atoms with van der Waals surface area (Å²) in [4.78, 5) is 20.8. The predicted molar refractivity (Wildman–Crippen MR) is 144 cm³/mol. The molecule has 0 radical (unpaired) electrons. The maximum Gasteiger partial charge on any atom is 0.229 e. The molecule has 1 aromatic heterocycles. The molecule has 0 bridgehead atoms. The van der Waals surface area contributed by atoms with E-state index < -0.39 is 5.41 Å². The Hall–Kier alpha value is -3.02. The SMILES string of the molecule is C=CCC1(C)C[C@H](c2cccc(Cl)c2)[C@@H](c2ccc(Cl)cn2)N(Cc2ccc(OC)cc2OC)C1=O. The van der Waals surface area contributed by atoms with Crippen LogP contribution in [0.15, 0.2) is 73.4 Å². The molecule has 3 aromatic rings. The second-order valence-corrected chi connectivity index (χ2v) is 10.2. The van der Waals surface area contributed by atoms with Crippen molar-refractivity contribution >= 4 is 29.1 Å². The molecule has 7 heteroatoms. The van der Waals surface area contributed by atoms with Gasteiger partial charge in [0, 0.05) is 28.8 Å². The van der Waals surface area contributed by atoms with E-state index in [1.807, 2.05) is 66.4 Å². The van der Waals surface area contributed by atoms with Crippen LogP contribution in [0.3, 0.4) is 0 Å². The summed E-state index contributed by atoms with van der Waals surface area (Å²) in [6.45, 7) is 6.29. The number of amides is 1. The van der Waals surface area contributed by atoms with Crippen molar-refractivity contribution in [3.63, 3.8) is 0 Å². The van der Waals surface area contributed by atoms with Crippen LogP contribution in [0.2, 0.25) is 10.0 Å². The number of hydrogen-bond acceptors (Lipinski definition) is 4. The molecular formula is C29H30Cl2N2O3. The first-order valence-electron chi connectivity index (χ1n) is 11.8. The Labute approximate surface area is 222 Å². The van der Waals surface area contributed by atoms with Crippen LogP contribution in [0, 0.1) is 5.41 Å². The Kier molecular flexibility index (Phi) is 7.91. The van der Waals surface area contributed by atoms with Gasteiger partial charge in [0.1, 0.15) is 11.5 Å². The first kappa shape index (κ1) is 26.1. The Morgan fingerprint density at radius 2 is 1.92 bits per heavy atom. The summed E-state index contributed by atoms with van der Waals surface area (Å²) in [5, 5.41) is 1.20. The zero-order valence-corrected chi connectivity index (χ0v) is 22.2.